The van der Waals surface area contributed by atoms with Gasteiger partial charge in [0, 0.05) is 24.5 Å². The second-order valence-corrected chi connectivity index (χ2v) is 7.32. The van der Waals surface area contributed by atoms with Gasteiger partial charge in [-0.3, -0.25) is 0 Å². The number of H-pyrrole nitrogens is 1. The van der Waals surface area contributed by atoms with Crippen LogP contribution in [0.2, 0.25) is 5.02 Å². The van der Waals surface area contributed by atoms with Gasteiger partial charge >= 0.3 is 0 Å². The molecule has 1 atom stereocenters. The fourth-order valence-corrected chi connectivity index (χ4v) is 3.71. The lowest BCUT2D eigenvalue weighted by atomic mass is 10.2. The maximum Gasteiger partial charge on any atom is 0.243 e. The molecule has 114 valence electrons. The minimum atomic E-state index is -3.62. The van der Waals surface area contributed by atoms with Gasteiger partial charge in [0.1, 0.15) is 0 Å². The Morgan fingerprint density at radius 3 is 2.76 bits per heavy atom. The lowest BCUT2D eigenvalue weighted by Gasteiger charge is -2.20. The number of hydrogen-bond donors (Lipinski definition) is 1. The summed E-state index contributed by atoms with van der Waals surface area (Å²) < 4.78 is 26.5. The zero-order valence-corrected chi connectivity index (χ0v) is 13.5. The average Bonchev–Trinajstić information content (AvgIpc) is 2.95. The molecule has 0 aliphatic heterocycles. The predicted molar refractivity (Wildman–Crippen MR) is 78.6 cm³/mol. The predicted octanol–water partition coefficient (Wildman–Crippen LogP) is 1.59. The highest BCUT2D eigenvalue weighted by Crippen LogP contribution is 2.24. The number of aromatic amines is 1. The number of sulfonamides is 1. The summed E-state index contributed by atoms with van der Waals surface area (Å²) in [7, 11) is -2.10. The molecule has 7 nitrogen and oxygen atoms in total. The van der Waals surface area contributed by atoms with Gasteiger partial charge in [0.05, 0.1) is 4.90 Å². The normalized spacial score (nSPS) is 13.6. The Morgan fingerprint density at radius 1 is 1.43 bits per heavy atom. The van der Waals surface area contributed by atoms with E-state index in [0.29, 0.717) is 16.4 Å². The van der Waals surface area contributed by atoms with Crippen LogP contribution < -0.4 is 0 Å². The first-order valence-corrected chi connectivity index (χ1v) is 8.10. The third kappa shape index (κ3) is 3.39. The van der Waals surface area contributed by atoms with Crippen LogP contribution >= 0.6 is 11.6 Å². The van der Waals surface area contributed by atoms with Crippen molar-refractivity contribution in [1.29, 1.82) is 0 Å². The van der Waals surface area contributed by atoms with E-state index in [1.54, 1.807) is 19.1 Å². The van der Waals surface area contributed by atoms with Crippen LogP contribution in [0.4, 0.5) is 0 Å². The Bertz CT molecular complexity index is 717. The summed E-state index contributed by atoms with van der Waals surface area (Å²) in [6, 6.07) is 4.81. The Morgan fingerprint density at radius 2 is 2.14 bits per heavy atom. The van der Waals surface area contributed by atoms with Gasteiger partial charge in [0.2, 0.25) is 10.0 Å². The number of rotatable bonds is 5. The number of aromatic nitrogens is 4. The van der Waals surface area contributed by atoms with Crippen molar-refractivity contribution in [2.45, 2.75) is 24.7 Å². The zero-order valence-electron chi connectivity index (χ0n) is 11.9. The van der Waals surface area contributed by atoms with Crippen molar-refractivity contribution in [3.8, 4) is 0 Å². The molecule has 0 unspecified atom stereocenters. The number of tetrazole rings is 1. The highest BCUT2D eigenvalue weighted by atomic mass is 35.5. The minimum Gasteiger partial charge on any atom is -0.207 e. The smallest absolute Gasteiger partial charge is 0.207 e. The molecule has 1 aromatic carbocycles. The SMILES string of the molecule is Cc1ccc(Cl)cc1S(=O)(=O)N(C)C[C@H](C)c1nn[nH]n1. The lowest BCUT2D eigenvalue weighted by Crippen LogP contribution is -2.31. The van der Waals surface area contributed by atoms with Gasteiger partial charge in [-0.05, 0) is 24.6 Å². The first-order chi connectivity index (χ1) is 9.82. The largest absolute Gasteiger partial charge is 0.243 e. The van der Waals surface area contributed by atoms with E-state index in [4.69, 9.17) is 11.6 Å². The summed E-state index contributed by atoms with van der Waals surface area (Å²) in [6.07, 6.45) is 0. The van der Waals surface area contributed by atoms with Crippen molar-refractivity contribution in [3.63, 3.8) is 0 Å². The van der Waals surface area contributed by atoms with Crippen LogP contribution in [0.1, 0.15) is 24.2 Å². The van der Waals surface area contributed by atoms with Crippen LogP contribution in [-0.2, 0) is 10.0 Å². The Hall–Kier alpha value is -1.51. The second kappa shape index (κ2) is 6.08. The van der Waals surface area contributed by atoms with E-state index in [2.05, 4.69) is 20.6 Å². The summed E-state index contributed by atoms with van der Waals surface area (Å²) in [5.74, 6) is 0.294. The lowest BCUT2D eigenvalue weighted by molar-refractivity contribution is 0.439. The quantitative estimate of drug-likeness (QED) is 0.899. The van der Waals surface area contributed by atoms with Gasteiger partial charge < -0.3 is 0 Å². The van der Waals surface area contributed by atoms with Crippen LogP contribution in [0.15, 0.2) is 23.1 Å². The van der Waals surface area contributed by atoms with E-state index in [0.717, 1.165) is 0 Å². The maximum atomic E-state index is 12.6. The third-order valence-electron chi connectivity index (χ3n) is 3.17. The Kier molecular flexibility index (Phi) is 4.60. The van der Waals surface area contributed by atoms with E-state index >= 15 is 0 Å². The molecule has 2 rings (SSSR count). The molecule has 0 fully saturated rings. The molecule has 0 saturated carbocycles. The first kappa shape index (κ1) is 15.9. The molecule has 0 aliphatic carbocycles. The topological polar surface area (TPSA) is 91.8 Å². The Balaban J connectivity index is 2.25. The van der Waals surface area contributed by atoms with Crippen molar-refractivity contribution in [2.75, 3.05) is 13.6 Å². The molecular formula is C12H16ClN5O2S. The number of nitrogens with zero attached hydrogens (tertiary/aromatic N) is 4. The molecule has 9 heteroatoms. The fourth-order valence-electron chi connectivity index (χ4n) is 1.96. The summed E-state index contributed by atoms with van der Waals surface area (Å²) in [5.41, 5.74) is 0.651. The zero-order chi connectivity index (χ0) is 15.6. The molecule has 0 spiro atoms. The summed E-state index contributed by atoms with van der Waals surface area (Å²) in [5, 5.41) is 13.9. The molecule has 0 saturated heterocycles. The standard InChI is InChI=1S/C12H16ClN5O2S/c1-8-4-5-10(13)6-11(8)21(19,20)18(3)7-9(2)12-14-16-17-15-12/h4-6,9H,7H2,1-3H3,(H,14,15,16,17)/t9-/m0/s1. The number of aryl methyl sites for hydroxylation is 1. The third-order valence-corrected chi connectivity index (χ3v) is 5.37. The number of hydrogen-bond acceptors (Lipinski definition) is 5. The summed E-state index contributed by atoms with van der Waals surface area (Å²) in [6.45, 7) is 3.81. The van der Waals surface area contributed by atoms with Crippen molar-refractivity contribution in [3.05, 3.63) is 34.6 Å². The van der Waals surface area contributed by atoms with Crippen LogP contribution in [0, 0.1) is 6.92 Å². The molecular weight excluding hydrogens is 314 g/mol. The first-order valence-electron chi connectivity index (χ1n) is 6.28. The van der Waals surface area contributed by atoms with E-state index in [-0.39, 0.29) is 17.4 Å². The van der Waals surface area contributed by atoms with Crippen LogP contribution in [0.3, 0.4) is 0 Å². The van der Waals surface area contributed by atoms with Gasteiger partial charge in [-0.2, -0.15) is 5.21 Å². The molecule has 0 radical (unpaired) electrons. The monoisotopic (exact) mass is 329 g/mol. The van der Waals surface area contributed by atoms with Gasteiger partial charge in [0.15, 0.2) is 5.82 Å². The van der Waals surface area contributed by atoms with Crippen molar-refractivity contribution < 1.29 is 8.42 Å². The van der Waals surface area contributed by atoms with Crippen LogP contribution in [0.5, 0.6) is 0 Å². The molecule has 21 heavy (non-hydrogen) atoms. The molecule has 0 aliphatic rings. The molecule has 0 amide bonds. The number of halogens is 1. The second-order valence-electron chi connectivity index (χ2n) is 4.87. The van der Waals surface area contributed by atoms with E-state index in [1.165, 1.54) is 17.4 Å². The van der Waals surface area contributed by atoms with Gasteiger partial charge in [0.25, 0.3) is 0 Å². The Labute approximate surface area is 128 Å². The van der Waals surface area contributed by atoms with Crippen LogP contribution in [-0.4, -0.2) is 46.9 Å². The average molecular weight is 330 g/mol. The number of nitrogens with one attached hydrogen (secondary N) is 1. The molecule has 0 bridgehead atoms. The molecule has 2 aromatic rings. The number of benzene rings is 1. The highest BCUT2D eigenvalue weighted by molar-refractivity contribution is 7.89. The van der Waals surface area contributed by atoms with Gasteiger partial charge in [-0.15, -0.1) is 10.2 Å². The fraction of sp³-hybridized carbons (Fsp3) is 0.417. The molecule has 1 heterocycles. The number of likely N-dealkylation sites (N-methyl/N-ethyl adjacent to an activating group) is 1. The van der Waals surface area contributed by atoms with Crippen molar-refractivity contribution in [1.82, 2.24) is 24.9 Å². The van der Waals surface area contributed by atoms with E-state index in [9.17, 15) is 8.42 Å². The van der Waals surface area contributed by atoms with Gasteiger partial charge in [-0.25, -0.2) is 12.7 Å². The summed E-state index contributed by atoms with van der Waals surface area (Å²) in [4.78, 5) is 0.206. The van der Waals surface area contributed by atoms with Gasteiger partial charge in [-0.1, -0.05) is 29.8 Å². The molecule has 1 N–H and O–H groups in total. The maximum absolute atomic E-state index is 12.6. The minimum absolute atomic E-state index is 0.178. The summed E-state index contributed by atoms with van der Waals surface area (Å²) >= 11 is 5.90. The highest BCUT2D eigenvalue weighted by Gasteiger charge is 2.25. The van der Waals surface area contributed by atoms with E-state index < -0.39 is 10.0 Å². The van der Waals surface area contributed by atoms with Crippen LogP contribution in [0.25, 0.3) is 0 Å². The molecule has 1 aromatic heterocycles. The van der Waals surface area contributed by atoms with Crippen molar-refractivity contribution in [2.24, 2.45) is 0 Å². The van der Waals surface area contributed by atoms with E-state index in [1.807, 2.05) is 6.92 Å². The van der Waals surface area contributed by atoms with Crippen molar-refractivity contribution >= 4 is 21.6 Å².